The van der Waals surface area contributed by atoms with Crippen LogP contribution in [0.2, 0.25) is 0 Å². The van der Waals surface area contributed by atoms with E-state index in [-0.39, 0.29) is 81.5 Å². The van der Waals surface area contributed by atoms with Crippen LogP contribution >= 0.6 is 0 Å². The largest absolute Gasteiger partial charge is 0.466 e. The van der Waals surface area contributed by atoms with E-state index in [2.05, 4.69) is 4.84 Å². The molecule has 0 radical (unpaired) electrons. The van der Waals surface area contributed by atoms with Gasteiger partial charge in [-0.15, -0.1) is 10.1 Å². The first-order valence-corrected chi connectivity index (χ1v) is 15.4. The second-order valence-electron chi connectivity index (χ2n) is 10.1. The first kappa shape index (κ1) is 38.8. The van der Waals surface area contributed by atoms with Crippen LogP contribution in [0.3, 0.4) is 0 Å². The monoisotopic (exact) mass is 639 g/mol. The number of carbonyl (C=O) groups excluding carboxylic acids is 5. The van der Waals surface area contributed by atoms with E-state index in [1.54, 1.807) is 12.1 Å². The van der Waals surface area contributed by atoms with E-state index in [1.807, 2.05) is 0 Å². The summed E-state index contributed by atoms with van der Waals surface area (Å²) in [5.74, 6) is -1.87. The zero-order valence-corrected chi connectivity index (χ0v) is 26.0. The first-order valence-electron chi connectivity index (χ1n) is 15.4. The molecule has 0 aliphatic carbocycles. The van der Waals surface area contributed by atoms with Crippen LogP contribution in [0.25, 0.3) is 0 Å². The standard InChI is InChI=1S/C31H45NO13/c1-25(33)45-27-16-9-8-15-26(27)31(37)43-23-12-4-7-19-29(35)41-21-10-2-5-17-28(34)40-20-11-3-6-18-30(36)42-22-13-14-24-44-32(38)39/h8-9,15-16H,2-7,10-14,17-24H2,1H3. The molecule has 1 rings (SSSR count). The molecule has 0 spiro atoms. The van der Waals surface area contributed by atoms with Crippen molar-refractivity contribution in [1.29, 1.82) is 0 Å². The van der Waals surface area contributed by atoms with Gasteiger partial charge in [0.1, 0.15) is 11.3 Å². The van der Waals surface area contributed by atoms with E-state index in [0.717, 1.165) is 6.42 Å². The van der Waals surface area contributed by atoms with Crippen LogP contribution in [0.5, 0.6) is 5.75 Å². The van der Waals surface area contributed by atoms with E-state index in [0.29, 0.717) is 64.2 Å². The predicted octanol–water partition coefficient (Wildman–Crippen LogP) is 5.07. The van der Waals surface area contributed by atoms with Crippen molar-refractivity contribution in [2.75, 3.05) is 33.0 Å². The molecule has 0 amide bonds. The molecular weight excluding hydrogens is 594 g/mol. The van der Waals surface area contributed by atoms with Gasteiger partial charge in [0.15, 0.2) is 0 Å². The van der Waals surface area contributed by atoms with Gasteiger partial charge in [-0.2, -0.15) is 0 Å². The van der Waals surface area contributed by atoms with Gasteiger partial charge in [-0.05, 0) is 82.8 Å². The highest BCUT2D eigenvalue weighted by Gasteiger charge is 2.15. The molecule has 0 bridgehead atoms. The number of rotatable bonds is 26. The van der Waals surface area contributed by atoms with Gasteiger partial charge in [0.2, 0.25) is 0 Å². The lowest BCUT2D eigenvalue weighted by Gasteiger charge is -2.09. The van der Waals surface area contributed by atoms with E-state index < -0.39 is 17.0 Å². The molecule has 0 unspecified atom stereocenters. The second-order valence-corrected chi connectivity index (χ2v) is 10.1. The van der Waals surface area contributed by atoms with Gasteiger partial charge in [-0.3, -0.25) is 19.2 Å². The fourth-order valence-corrected chi connectivity index (χ4v) is 3.88. The third-order valence-corrected chi connectivity index (χ3v) is 6.19. The molecule has 0 atom stereocenters. The van der Waals surface area contributed by atoms with Crippen molar-refractivity contribution < 1.29 is 57.6 Å². The molecule has 0 saturated heterocycles. The minimum Gasteiger partial charge on any atom is -0.466 e. The molecule has 0 saturated carbocycles. The van der Waals surface area contributed by atoms with Gasteiger partial charge in [0, 0.05) is 26.2 Å². The van der Waals surface area contributed by atoms with E-state index in [1.165, 1.54) is 19.1 Å². The maximum atomic E-state index is 12.2. The summed E-state index contributed by atoms with van der Waals surface area (Å²) in [6, 6.07) is 6.34. The summed E-state index contributed by atoms with van der Waals surface area (Å²) in [6.45, 7) is 2.17. The summed E-state index contributed by atoms with van der Waals surface area (Å²) in [5, 5.41) is 9.15. The van der Waals surface area contributed by atoms with E-state index >= 15 is 0 Å². The average molecular weight is 640 g/mol. The van der Waals surface area contributed by atoms with E-state index in [9.17, 15) is 34.1 Å². The Hall–Kier alpha value is -4.23. The summed E-state index contributed by atoms with van der Waals surface area (Å²) >= 11 is 0. The number of nitrogens with zero attached hydrogens (tertiary/aromatic N) is 1. The van der Waals surface area contributed by atoms with E-state index in [4.69, 9.17) is 23.7 Å². The van der Waals surface area contributed by atoms with Crippen molar-refractivity contribution in [1.82, 2.24) is 0 Å². The SMILES string of the molecule is CC(=O)Oc1ccccc1C(=O)OCCCCCC(=O)OCCCCCC(=O)OCCCCCC(=O)OCCCCO[N+](=O)[O-]. The number of ether oxygens (including phenoxy) is 5. The second kappa shape index (κ2) is 25.1. The Morgan fingerprint density at radius 2 is 1.02 bits per heavy atom. The number of carbonyl (C=O) groups is 5. The van der Waals surface area contributed by atoms with Gasteiger partial charge in [-0.25, -0.2) is 4.79 Å². The molecule has 0 aliphatic heterocycles. The quantitative estimate of drug-likeness (QED) is 0.0327. The molecule has 0 aromatic heterocycles. The Bertz CT molecular complexity index is 1060. The molecule has 14 heteroatoms. The number of unbranched alkanes of at least 4 members (excludes halogenated alkanes) is 7. The summed E-state index contributed by atoms with van der Waals surface area (Å²) < 4.78 is 25.7. The lowest BCUT2D eigenvalue weighted by Crippen LogP contribution is -2.11. The van der Waals surface area contributed by atoms with Gasteiger partial charge < -0.3 is 28.5 Å². The van der Waals surface area contributed by atoms with Crippen LogP contribution in [0.15, 0.2) is 24.3 Å². The summed E-state index contributed by atoms with van der Waals surface area (Å²) in [7, 11) is 0. The molecule has 252 valence electrons. The molecular formula is C31H45NO13. The third kappa shape index (κ3) is 22.0. The van der Waals surface area contributed by atoms with Crippen LogP contribution < -0.4 is 4.74 Å². The number of para-hydroxylation sites is 1. The highest BCUT2D eigenvalue weighted by molar-refractivity contribution is 5.93. The zero-order valence-electron chi connectivity index (χ0n) is 26.0. The van der Waals surface area contributed by atoms with Crippen molar-refractivity contribution in [2.45, 2.75) is 96.8 Å². The van der Waals surface area contributed by atoms with Crippen molar-refractivity contribution in [3.8, 4) is 5.75 Å². The number of benzene rings is 1. The van der Waals surface area contributed by atoms with Crippen LogP contribution in [0, 0.1) is 10.1 Å². The molecule has 45 heavy (non-hydrogen) atoms. The molecule has 1 aromatic rings. The van der Waals surface area contributed by atoms with Gasteiger partial charge >= 0.3 is 29.8 Å². The zero-order chi connectivity index (χ0) is 33.1. The van der Waals surface area contributed by atoms with Crippen LogP contribution in [0.4, 0.5) is 0 Å². The highest BCUT2D eigenvalue weighted by Crippen LogP contribution is 2.19. The Kier molecular flexibility index (Phi) is 21.7. The topological polar surface area (TPSA) is 184 Å². The smallest absolute Gasteiger partial charge is 0.341 e. The number of hydrogen-bond acceptors (Lipinski definition) is 13. The maximum absolute atomic E-state index is 12.2. The summed E-state index contributed by atoms with van der Waals surface area (Å²) in [5.41, 5.74) is 0.175. The van der Waals surface area contributed by atoms with Crippen LogP contribution in [0.1, 0.15) is 107 Å². The minimum atomic E-state index is -0.858. The van der Waals surface area contributed by atoms with Gasteiger partial charge in [0.25, 0.3) is 5.09 Å². The Morgan fingerprint density at radius 1 is 0.600 bits per heavy atom. The van der Waals surface area contributed by atoms with Gasteiger partial charge in [-0.1, -0.05) is 12.1 Å². The molecule has 1 aromatic carbocycles. The lowest BCUT2D eigenvalue weighted by atomic mass is 10.2. The summed E-state index contributed by atoms with van der Waals surface area (Å²) in [4.78, 5) is 72.9. The van der Waals surface area contributed by atoms with Crippen LogP contribution in [-0.2, 0) is 43.0 Å². The average Bonchev–Trinajstić information content (AvgIpc) is 2.99. The predicted molar refractivity (Wildman–Crippen MR) is 158 cm³/mol. The van der Waals surface area contributed by atoms with Crippen molar-refractivity contribution in [3.63, 3.8) is 0 Å². The minimum absolute atomic E-state index is 0.0224. The molecule has 14 nitrogen and oxygen atoms in total. The Labute approximate surface area is 263 Å². The molecule has 0 fully saturated rings. The Morgan fingerprint density at radius 3 is 1.49 bits per heavy atom. The van der Waals surface area contributed by atoms with Crippen molar-refractivity contribution in [2.24, 2.45) is 0 Å². The normalized spacial score (nSPS) is 10.4. The fraction of sp³-hybridized carbons (Fsp3) is 0.645. The summed E-state index contributed by atoms with van der Waals surface area (Å²) in [6.07, 6.45) is 7.55. The van der Waals surface area contributed by atoms with Crippen molar-refractivity contribution >= 4 is 29.8 Å². The molecule has 0 aliphatic rings. The van der Waals surface area contributed by atoms with Crippen molar-refractivity contribution in [3.05, 3.63) is 39.9 Å². The first-order chi connectivity index (χ1) is 21.7. The van der Waals surface area contributed by atoms with Gasteiger partial charge in [0.05, 0.1) is 33.0 Å². The fourth-order valence-electron chi connectivity index (χ4n) is 3.88. The lowest BCUT2D eigenvalue weighted by molar-refractivity contribution is -0.757. The highest BCUT2D eigenvalue weighted by atomic mass is 16.9. The van der Waals surface area contributed by atoms with Crippen LogP contribution in [-0.4, -0.2) is 68.0 Å². The third-order valence-electron chi connectivity index (χ3n) is 6.19. The maximum Gasteiger partial charge on any atom is 0.341 e. The Balaban J connectivity index is 1.91. The molecule has 0 heterocycles. The number of esters is 5. The molecule has 0 N–H and O–H groups in total. The number of hydrogen-bond donors (Lipinski definition) is 0.